The van der Waals surface area contributed by atoms with E-state index in [4.69, 9.17) is 0 Å². The highest BCUT2D eigenvalue weighted by molar-refractivity contribution is 8.00. The van der Waals surface area contributed by atoms with Gasteiger partial charge in [-0.25, -0.2) is 13.8 Å². The number of H-pyrrole nitrogens is 1. The summed E-state index contributed by atoms with van der Waals surface area (Å²) in [6, 6.07) is 14.5. The minimum absolute atomic E-state index is 0.311. The molecule has 2 heterocycles. The molecule has 2 N–H and O–H groups in total. The molecule has 0 saturated carbocycles. The van der Waals surface area contributed by atoms with Gasteiger partial charge in [0.2, 0.25) is 5.13 Å². The van der Waals surface area contributed by atoms with Gasteiger partial charge in [0.15, 0.2) is 10.2 Å². The second kappa shape index (κ2) is 8.03. The van der Waals surface area contributed by atoms with E-state index in [-0.39, 0.29) is 0 Å². The first kappa shape index (κ1) is 18.5. The Kier molecular flexibility index (Phi) is 5.31. The number of imidazole rings is 1. The lowest BCUT2D eigenvalue weighted by Crippen LogP contribution is -2.11. The zero-order chi connectivity index (χ0) is 19.5. The minimum atomic E-state index is -2.70. The average molecular weight is 417 g/mol. The van der Waals surface area contributed by atoms with Crippen LogP contribution >= 0.6 is 23.1 Å². The number of carbonyl (C=O) groups is 1. The van der Waals surface area contributed by atoms with Crippen molar-refractivity contribution >= 4 is 45.2 Å². The quantitative estimate of drug-likeness (QED) is 0.344. The van der Waals surface area contributed by atoms with Gasteiger partial charge in [-0.15, -0.1) is 10.2 Å². The van der Waals surface area contributed by atoms with Gasteiger partial charge in [-0.1, -0.05) is 53.4 Å². The maximum absolute atomic E-state index is 12.7. The number of fused-ring (bicyclic) bond motifs is 1. The Morgan fingerprint density at radius 1 is 1.18 bits per heavy atom. The first-order valence-electron chi connectivity index (χ1n) is 8.18. The molecular formula is C18H13F2N5OS2. The molecule has 28 heavy (non-hydrogen) atoms. The zero-order valence-corrected chi connectivity index (χ0v) is 15.9. The number of anilines is 1. The number of thioether (sulfide) groups is 1. The van der Waals surface area contributed by atoms with Crippen molar-refractivity contribution in [3.05, 3.63) is 65.5 Å². The standard InChI is InChI=1S/C18H13F2N5OS2/c19-14(20)15-21-12-7-6-11(8-13(12)22-15)16(26)23-17-24-25-18(28-17)27-9-10-4-2-1-3-5-10/h1-8,14H,9H2,(H,21,22)(H,23,24,26). The highest BCUT2D eigenvalue weighted by Gasteiger charge is 2.15. The Bertz CT molecular complexity index is 1110. The van der Waals surface area contributed by atoms with Crippen LogP contribution < -0.4 is 5.32 Å². The van der Waals surface area contributed by atoms with Crippen LogP contribution in [0.25, 0.3) is 11.0 Å². The van der Waals surface area contributed by atoms with Gasteiger partial charge in [-0.3, -0.25) is 10.1 Å². The van der Waals surface area contributed by atoms with Crippen LogP contribution in [0.5, 0.6) is 0 Å². The predicted molar refractivity (Wildman–Crippen MR) is 105 cm³/mol. The number of rotatable bonds is 6. The smallest absolute Gasteiger partial charge is 0.295 e. The molecule has 0 radical (unpaired) electrons. The van der Waals surface area contributed by atoms with E-state index >= 15 is 0 Å². The second-order valence-electron chi connectivity index (χ2n) is 5.76. The summed E-state index contributed by atoms with van der Waals surface area (Å²) in [5.41, 5.74) is 2.23. The highest BCUT2D eigenvalue weighted by atomic mass is 32.2. The third kappa shape index (κ3) is 4.18. The van der Waals surface area contributed by atoms with Crippen molar-refractivity contribution < 1.29 is 13.6 Å². The molecule has 0 aliphatic heterocycles. The molecular weight excluding hydrogens is 404 g/mol. The summed E-state index contributed by atoms with van der Waals surface area (Å²) >= 11 is 2.81. The highest BCUT2D eigenvalue weighted by Crippen LogP contribution is 2.28. The van der Waals surface area contributed by atoms with Gasteiger partial charge in [0.25, 0.3) is 12.3 Å². The molecule has 2 aromatic heterocycles. The summed E-state index contributed by atoms with van der Waals surface area (Å²) in [4.78, 5) is 18.7. The largest absolute Gasteiger partial charge is 0.337 e. The molecule has 0 unspecified atom stereocenters. The lowest BCUT2D eigenvalue weighted by atomic mass is 10.2. The van der Waals surface area contributed by atoms with Gasteiger partial charge >= 0.3 is 0 Å². The van der Waals surface area contributed by atoms with Crippen LogP contribution in [0.15, 0.2) is 52.9 Å². The maximum Gasteiger partial charge on any atom is 0.295 e. The van der Waals surface area contributed by atoms with E-state index in [9.17, 15) is 13.6 Å². The molecule has 4 aromatic rings. The molecule has 6 nitrogen and oxygen atoms in total. The number of aromatic amines is 1. The SMILES string of the molecule is O=C(Nc1nnc(SCc2ccccc2)s1)c1ccc2nc(C(F)F)[nH]c2c1. The summed E-state index contributed by atoms with van der Waals surface area (Å²) in [5.74, 6) is -0.0607. The zero-order valence-electron chi connectivity index (χ0n) is 14.2. The third-order valence-electron chi connectivity index (χ3n) is 3.80. The van der Waals surface area contributed by atoms with Gasteiger partial charge in [0.05, 0.1) is 11.0 Å². The minimum Gasteiger partial charge on any atom is -0.337 e. The van der Waals surface area contributed by atoms with E-state index in [1.807, 2.05) is 30.3 Å². The fourth-order valence-corrected chi connectivity index (χ4v) is 4.18. The molecule has 1 amide bonds. The fraction of sp³-hybridized carbons (Fsp3) is 0.111. The molecule has 0 aliphatic rings. The number of carbonyl (C=O) groups excluding carboxylic acids is 1. The molecule has 4 rings (SSSR count). The van der Waals surface area contributed by atoms with E-state index in [1.165, 1.54) is 46.9 Å². The monoisotopic (exact) mass is 417 g/mol. The number of nitrogens with zero attached hydrogens (tertiary/aromatic N) is 3. The molecule has 142 valence electrons. The van der Waals surface area contributed by atoms with Gasteiger partial charge in [0.1, 0.15) is 0 Å². The van der Waals surface area contributed by atoms with Crippen LogP contribution in [0, 0.1) is 0 Å². The number of nitrogens with one attached hydrogen (secondary N) is 2. The predicted octanol–water partition coefficient (Wildman–Crippen LogP) is 4.90. The van der Waals surface area contributed by atoms with Crippen molar-refractivity contribution in [2.24, 2.45) is 0 Å². The first-order valence-corrected chi connectivity index (χ1v) is 9.98. The van der Waals surface area contributed by atoms with Gasteiger partial charge < -0.3 is 4.98 Å². The number of halogens is 2. The summed E-state index contributed by atoms with van der Waals surface area (Å²) in [6.07, 6.45) is -2.70. The van der Waals surface area contributed by atoms with Crippen LogP contribution in [0.2, 0.25) is 0 Å². The van der Waals surface area contributed by atoms with Gasteiger partial charge in [-0.05, 0) is 23.8 Å². The van der Waals surface area contributed by atoms with Crippen molar-refractivity contribution in [3.63, 3.8) is 0 Å². The number of alkyl halides is 2. The molecule has 0 saturated heterocycles. The lowest BCUT2D eigenvalue weighted by molar-refractivity contribution is 0.102. The Hall–Kier alpha value is -2.85. The average Bonchev–Trinajstić information content (AvgIpc) is 3.33. The van der Waals surface area contributed by atoms with E-state index in [0.717, 1.165) is 10.1 Å². The van der Waals surface area contributed by atoms with Crippen LogP contribution in [0.1, 0.15) is 28.2 Å². The Morgan fingerprint density at radius 3 is 2.79 bits per heavy atom. The van der Waals surface area contributed by atoms with Crippen molar-refractivity contribution in [1.82, 2.24) is 20.2 Å². The molecule has 0 aliphatic carbocycles. The van der Waals surface area contributed by atoms with E-state index < -0.39 is 18.2 Å². The number of hydrogen-bond acceptors (Lipinski definition) is 6. The van der Waals surface area contributed by atoms with E-state index in [2.05, 4.69) is 25.5 Å². The van der Waals surface area contributed by atoms with Crippen LogP contribution in [0.3, 0.4) is 0 Å². The maximum atomic E-state index is 12.7. The fourth-order valence-electron chi connectivity index (χ4n) is 2.48. The normalized spacial score (nSPS) is 11.2. The van der Waals surface area contributed by atoms with Crippen molar-refractivity contribution in [1.29, 1.82) is 0 Å². The molecule has 2 aromatic carbocycles. The summed E-state index contributed by atoms with van der Waals surface area (Å²) in [7, 11) is 0. The van der Waals surface area contributed by atoms with Gasteiger partial charge in [-0.2, -0.15) is 0 Å². The Balaban J connectivity index is 1.42. The van der Waals surface area contributed by atoms with Crippen LogP contribution in [-0.4, -0.2) is 26.1 Å². The molecule has 0 bridgehead atoms. The Labute approximate surface area is 166 Å². The molecule has 0 atom stereocenters. The summed E-state index contributed by atoms with van der Waals surface area (Å²) in [6.45, 7) is 0. The summed E-state index contributed by atoms with van der Waals surface area (Å²) < 4.78 is 26.2. The molecule has 10 heteroatoms. The van der Waals surface area contributed by atoms with Crippen LogP contribution in [-0.2, 0) is 5.75 Å². The Morgan fingerprint density at radius 2 is 2.00 bits per heavy atom. The second-order valence-corrected chi connectivity index (χ2v) is 7.96. The van der Waals surface area contributed by atoms with Crippen molar-refractivity contribution in [2.75, 3.05) is 5.32 Å². The van der Waals surface area contributed by atoms with Crippen molar-refractivity contribution in [3.8, 4) is 0 Å². The number of aromatic nitrogens is 4. The lowest BCUT2D eigenvalue weighted by Gasteiger charge is -2.01. The van der Waals surface area contributed by atoms with Crippen LogP contribution in [0.4, 0.5) is 13.9 Å². The third-order valence-corrected chi connectivity index (χ3v) is 5.84. The molecule has 0 fully saturated rings. The molecule has 0 spiro atoms. The van der Waals surface area contributed by atoms with Gasteiger partial charge in [0, 0.05) is 11.3 Å². The topological polar surface area (TPSA) is 83.6 Å². The van der Waals surface area contributed by atoms with Crippen molar-refractivity contribution in [2.45, 2.75) is 16.5 Å². The first-order chi connectivity index (χ1) is 13.6. The summed E-state index contributed by atoms with van der Waals surface area (Å²) in [5, 5.41) is 11.1. The number of amides is 1. The number of hydrogen-bond donors (Lipinski definition) is 2. The van der Waals surface area contributed by atoms with E-state index in [1.54, 1.807) is 0 Å². The van der Waals surface area contributed by atoms with E-state index in [0.29, 0.717) is 21.7 Å². The number of benzene rings is 2.